The molecular formula is C14H23NO. The Morgan fingerprint density at radius 3 is 2.56 bits per heavy atom. The van der Waals surface area contributed by atoms with Crippen LogP contribution in [0.2, 0.25) is 0 Å². The molecule has 2 atom stereocenters. The van der Waals surface area contributed by atoms with Crippen molar-refractivity contribution in [3.05, 3.63) is 35.4 Å². The summed E-state index contributed by atoms with van der Waals surface area (Å²) in [6.07, 6.45) is 0. The summed E-state index contributed by atoms with van der Waals surface area (Å²) >= 11 is 0. The smallest absolute Gasteiger partial charge is 0.0499 e. The van der Waals surface area contributed by atoms with Gasteiger partial charge >= 0.3 is 0 Å². The van der Waals surface area contributed by atoms with Gasteiger partial charge in [0.2, 0.25) is 0 Å². The molecule has 16 heavy (non-hydrogen) atoms. The van der Waals surface area contributed by atoms with Crippen LogP contribution in [-0.4, -0.2) is 20.3 Å². The van der Waals surface area contributed by atoms with E-state index in [1.807, 2.05) is 0 Å². The summed E-state index contributed by atoms with van der Waals surface area (Å²) in [6, 6.07) is 8.93. The highest BCUT2D eigenvalue weighted by Gasteiger charge is 2.08. The predicted molar refractivity (Wildman–Crippen MR) is 68.6 cm³/mol. The van der Waals surface area contributed by atoms with Crippen molar-refractivity contribution in [3.8, 4) is 0 Å². The highest BCUT2D eigenvalue weighted by molar-refractivity contribution is 5.28. The molecule has 0 fully saturated rings. The van der Waals surface area contributed by atoms with Crippen LogP contribution < -0.4 is 5.32 Å². The van der Waals surface area contributed by atoms with E-state index in [0.717, 1.165) is 13.2 Å². The van der Waals surface area contributed by atoms with Gasteiger partial charge in [0.1, 0.15) is 0 Å². The van der Waals surface area contributed by atoms with Crippen molar-refractivity contribution in [1.82, 2.24) is 5.32 Å². The molecule has 1 aromatic carbocycles. The number of benzene rings is 1. The maximum atomic E-state index is 5.13. The second kappa shape index (κ2) is 6.66. The molecule has 2 heteroatoms. The first kappa shape index (κ1) is 13.2. The van der Waals surface area contributed by atoms with Gasteiger partial charge < -0.3 is 10.1 Å². The van der Waals surface area contributed by atoms with E-state index in [1.54, 1.807) is 7.11 Å². The lowest BCUT2D eigenvalue weighted by molar-refractivity contribution is 0.157. The average molecular weight is 221 g/mol. The van der Waals surface area contributed by atoms with E-state index in [1.165, 1.54) is 11.1 Å². The monoisotopic (exact) mass is 221 g/mol. The minimum atomic E-state index is 0.403. The molecule has 0 saturated heterocycles. The van der Waals surface area contributed by atoms with Gasteiger partial charge in [-0.1, -0.05) is 31.2 Å². The maximum Gasteiger partial charge on any atom is 0.0499 e. The Hall–Kier alpha value is -0.860. The second-order valence-electron chi connectivity index (χ2n) is 4.55. The molecule has 2 unspecified atom stereocenters. The minimum absolute atomic E-state index is 0.403. The van der Waals surface area contributed by atoms with E-state index in [2.05, 4.69) is 50.4 Å². The molecule has 0 spiro atoms. The Labute approximate surface area is 99.0 Å². The number of methoxy groups -OCH3 is 1. The fraction of sp³-hybridized carbons (Fsp3) is 0.571. The number of aryl methyl sites for hydroxylation is 1. The summed E-state index contributed by atoms with van der Waals surface area (Å²) in [6.45, 7) is 8.37. The van der Waals surface area contributed by atoms with Gasteiger partial charge in [-0.3, -0.25) is 0 Å². The van der Waals surface area contributed by atoms with E-state index in [-0.39, 0.29) is 0 Å². The summed E-state index contributed by atoms with van der Waals surface area (Å²) in [5, 5.41) is 3.54. The lowest BCUT2D eigenvalue weighted by Gasteiger charge is -2.19. The van der Waals surface area contributed by atoms with Crippen LogP contribution >= 0.6 is 0 Å². The highest BCUT2D eigenvalue weighted by Crippen LogP contribution is 2.16. The van der Waals surface area contributed by atoms with Crippen LogP contribution in [0.25, 0.3) is 0 Å². The standard InChI is InChI=1S/C14H23NO/c1-11(10-16-4)9-15-13(3)14-8-6-5-7-12(14)2/h5-8,11,13,15H,9-10H2,1-4H3. The fourth-order valence-corrected chi connectivity index (χ4v) is 1.90. The van der Waals surface area contributed by atoms with Crippen LogP contribution in [0.1, 0.15) is 31.0 Å². The zero-order valence-corrected chi connectivity index (χ0v) is 10.8. The Morgan fingerprint density at radius 1 is 1.25 bits per heavy atom. The number of nitrogens with one attached hydrogen (secondary N) is 1. The first-order chi connectivity index (χ1) is 7.65. The molecule has 0 bridgehead atoms. The average Bonchev–Trinajstić information content (AvgIpc) is 2.27. The first-order valence-electron chi connectivity index (χ1n) is 5.93. The predicted octanol–water partition coefficient (Wildman–Crippen LogP) is 2.93. The van der Waals surface area contributed by atoms with Gasteiger partial charge in [0.25, 0.3) is 0 Å². The summed E-state index contributed by atoms with van der Waals surface area (Å²) in [5.74, 6) is 0.552. The van der Waals surface area contributed by atoms with Crippen molar-refractivity contribution < 1.29 is 4.74 Å². The molecule has 0 heterocycles. The third-order valence-corrected chi connectivity index (χ3v) is 2.88. The van der Waals surface area contributed by atoms with Crippen molar-refractivity contribution in [2.75, 3.05) is 20.3 Å². The molecule has 1 aromatic rings. The molecule has 1 rings (SSSR count). The van der Waals surface area contributed by atoms with Gasteiger partial charge in [0.15, 0.2) is 0 Å². The molecule has 90 valence electrons. The molecule has 1 N–H and O–H groups in total. The van der Waals surface area contributed by atoms with E-state index in [9.17, 15) is 0 Å². The van der Waals surface area contributed by atoms with Crippen LogP contribution in [0.5, 0.6) is 0 Å². The van der Waals surface area contributed by atoms with Crippen LogP contribution in [0.15, 0.2) is 24.3 Å². The van der Waals surface area contributed by atoms with Gasteiger partial charge in [-0.05, 0) is 30.9 Å². The molecule has 0 radical (unpaired) electrons. The highest BCUT2D eigenvalue weighted by atomic mass is 16.5. The molecule has 0 amide bonds. The normalized spacial score (nSPS) is 14.8. The Kier molecular flexibility index (Phi) is 5.50. The second-order valence-corrected chi connectivity index (χ2v) is 4.55. The summed E-state index contributed by atoms with van der Waals surface area (Å²) in [4.78, 5) is 0. The largest absolute Gasteiger partial charge is 0.384 e. The van der Waals surface area contributed by atoms with E-state index in [0.29, 0.717) is 12.0 Å². The zero-order valence-electron chi connectivity index (χ0n) is 10.8. The van der Waals surface area contributed by atoms with Gasteiger partial charge in [-0.25, -0.2) is 0 Å². The quantitative estimate of drug-likeness (QED) is 0.797. The molecule has 0 aliphatic carbocycles. The molecule has 2 nitrogen and oxygen atoms in total. The number of hydrogen-bond acceptors (Lipinski definition) is 2. The number of ether oxygens (including phenoxy) is 1. The van der Waals surface area contributed by atoms with Gasteiger partial charge in [-0.15, -0.1) is 0 Å². The summed E-state index contributed by atoms with van der Waals surface area (Å²) < 4.78 is 5.13. The lowest BCUT2D eigenvalue weighted by atomic mass is 10.0. The molecule has 0 saturated carbocycles. The third-order valence-electron chi connectivity index (χ3n) is 2.88. The van der Waals surface area contributed by atoms with E-state index >= 15 is 0 Å². The topological polar surface area (TPSA) is 21.3 Å². The van der Waals surface area contributed by atoms with Crippen LogP contribution in [-0.2, 0) is 4.74 Å². The van der Waals surface area contributed by atoms with Gasteiger partial charge in [0, 0.05) is 26.3 Å². The van der Waals surface area contributed by atoms with Gasteiger partial charge in [0.05, 0.1) is 0 Å². The van der Waals surface area contributed by atoms with Crippen molar-refractivity contribution in [1.29, 1.82) is 0 Å². The van der Waals surface area contributed by atoms with Crippen LogP contribution in [0, 0.1) is 12.8 Å². The summed E-state index contributed by atoms with van der Waals surface area (Å²) in [7, 11) is 1.75. The van der Waals surface area contributed by atoms with E-state index < -0.39 is 0 Å². The molecular weight excluding hydrogens is 198 g/mol. The zero-order chi connectivity index (χ0) is 12.0. The van der Waals surface area contributed by atoms with Gasteiger partial charge in [-0.2, -0.15) is 0 Å². The van der Waals surface area contributed by atoms with Crippen molar-refractivity contribution >= 4 is 0 Å². The molecule has 0 aromatic heterocycles. The number of hydrogen-bond donors (Lipinski definition) is 1. The molecule has 0 aliphatic heterocycles. The Morgan fingerprint density at radius 2 is 1.94 bits per heavy atom. The Bertz CT molecular complexity index is 311. The summed E-state index contributed by atoms with van der Waals surface area (Å²) in [5.41, 5.74) is 2.73. The first-order valence-corrected chi connectivity index (χ1v) is 5.93. The van der Waals surface area contributed by atoms with Crippen molar-refractivity contribution in [2.45, 2.75) is 26.8 Å². The molecule has 0 aliphatic rings. The SMILES string of the molecule is COCC(C)CNC(C)c1ccccc1C. The maximum absolute atomic E-state index is 5.13. The lowest BCUT2D eigenvalue weighted by Crippen LogP contribution is -2.26. The Balaban J connectivity index is 2.46. The third kappa shape index (κ3) is 3.95. The van der Waals surface area contributed by atoms with E-state index in [4.69, 9.17) is 4.74 Å². The van der Waals surface area contributed by atoms with Crippen LogP contribution in [0.4, 0.5) is 0 Å². The number of rotatable bonds is 6. The van der Waals surface area contributed by atoms with Crippen LogP contribution in [0.3, 0.4) is 0 Å². The fourth-order valence-electron chi connectivity index (χ4n) is 1.90. The minimum Gasteiger partial charge on any atom is -0.384 e. The van der Waals surface area contributed by atoms with Crippen molar-refractivity contribution in [2.24, 2.45) is 5.92 Å². The van der Waals surface area contributed by atoms with Crippen molar-refractivity contribution in [3.63, 3.8) is 0 Å².